The third kappa shape index (κ3) is 3.31. The highest BCUT2D eigenvalue weighted by Gasteiger charge is 2.35. The van der Waals surface area contributed by atoms with Crippen molar-refractivity contribution in [1.82, 2.24) is 10.2 Å². The maximum Gasteiger partial charge on any atom is 0.0453 e. The Bertz CT molecular complexity index is 407. The van der Waals surface area contributed by atoms with Gasteiger partial charge >= 0.3 is 0 Å². The zero-order chi connectivity index (χ0) is 13.8. The van der Waals surface area contributed by atoms with Crippen LogP contribution in [0.15, 0.2) is 24.3 Å². The van der Waals surface area contributed by atoms with Crippen LogP contribution in [0.3, 0.4) is 0 Å². The molecule has 0 saturated heterocycles. The maximum absolute atomic E-state index is 6.31. The highest BCUT2D eigenvalue weighted by molar-refractivity contribution is 6.31. The number of halogens is 1. The number of nitrogens with one attached hydrogen (secondary N) is 1. The smallest absolute Gasteiger partial charge is 0.0453 e. The van der Waals surface area contributed by atoms with E-state index in [1.54, 1.807) is 0 Å². The summed E-state index contributed by atoms with van der Waals surface area (Å²) in [5.41, 5.74) is 1.24. The minimum absolute atomic E-state index is 0.378. The molecule has 1 fully saturated rings. The normalized spacial score (nSPS) is 24.3. The SMILES string of the molecule is CCNCC1CCC1N(C)C(C)c1ccccc1Cl. The van der Waals surface area contributed by atoms with Gasteiger partial charge in [-0.1, -0.05) is 36.7 Å². The van der Waals surface area contributed by atoms with Gasteiger partial charge in [-0.2, -0.15) is 0 Å². The van der Waals surface area contributed by atoms with E-state index < -0.39 is 0 Å². The number of nitrogens with zero attached hydrogens (tertiary/aromatic N) is 1. The van der Waals surface area contributed by atoms with Crippen LogP contribution in [0.4, 0.5) is 0 Å². The van der Waals surface area contributed by atoms with Crippen LogP contribution in [0, 0.1) is 5.92 Å². The molecule has 106 valence electrons. The fraction of sp³-hybridized carbons (Fsp3) is 0.625. The summed E-state index contributed by atoms with van der Waals surface area (Å²) in [5.74, 6) is 0.787. The number of hydrogen-bond acceptors (Lipinski definition) is 2. The largest absolute Gasteiger partial charge is 0.317 e. The Morgan fingerprint density at radius 3 is 2.68 bits per heavy atom. The summed E-state index contributed by atoms with van der Waals surface area (Å²) < 4.78 is 0. The quantitative estimate of drug-likeness (QED) is 0.854. The molecule has 0 aliphatic heterocycles. The molecule has 19 heavy (non-hydrogen) atoms. The lowest BCUT2D eigenvalue weighted by molar-refractivity contribution is 0.0552. The molecule has 1 aliphatic carbocycles. The van der Waals surface area contributed by atoms with Crippen molar-refractivity contribution >= 4 is 11.6 Å². The Kier molecular flexibility index (Phi) is 5.26. The molecule has 0 amide bonds. The van der Waals surface area contributed by atoms with Crippen molar-refractivity contribution in [3.8, 4) is 0 Å². The molecule has 2 nitrogen and oxygen atoms in total. The molecule has 0 heterocycles. The summed E-state index contributed by atoms with van der Waals surface area (Å²) in [6.45, 7) is 6.63. The number of hydrogen-bond donors (Lipinski definition) is 1. The van der Waals surface area contributed by atoms with Crippen LogP contribution in [0.25, 0.3) is 0 Å². The molecular weight excluding hydrogens is 256 g/mol. The Labute approximate surface area is 122 Å². The second-order valence-electron chi connectivity index (χ2n) is 5.58. The molecule has 0 bridgehead atoms. The maximum atomic E-state index is 6.31. The fourth-order valence-corrected chi connectivity index (χ4v) is 3.27. The van der Waals surface area contributed by atoms with Crippen molar-refractivity contribution in [2.24, 2.45) is 5.92 Å². The van der Waals surface area contributed by atoms with Gasteiger partial charge in [0.1, 0.15) is 0 Å². The van der Waals surface area contributed by atoms with Gasteiger partial charge in [-0.05, 0) is 57.5 Å². The number of benzene rings is 1. The van der Waals surface area contributed by atoms with E-state index in [-0.39, 0.29) is 0 Å². The number of rotatable bonds is 6. The molecule has 1 aliphatic rings. The van der Waals surface area contributed by atoms with Crippen LogP contribution in [-0.2, 0) is 0 Å². The van der Waals surface area contributed by atoms with Gasteiger partial charge in [0.25, 0.3) is 0 Å². The van der Waals surface area contributed by atoms with Crippen LogP contribution in [0.2, 0.25) is 5.02 Å². The van der Waals surface area contributed by atoms with Gasteiger partial charge in [0.2, 0.25) is 0 Å². The second-order valence-corrected chi connectivity index (χ2v) is 5.98. The van der Waals surface area contributed by atoms with E-state index in [0.29, 0.717) is 12.1 Å². The van der Waals surface area contributed by atoms with E-state index in [1.807, 2.05) is 12.1 Å². The molecule has 3 atom stereocenters. The molecule has 1 aromatic rings. The summed E-state index contributed by atoms with van der Waals surface area (Å²) in [5, 5.41) is 4.35. The van der Waals surface area contributed by atoms with Gasteiger partial charge in [-0.15, -0.1) is 0 Å². The summed E-state index contributed by atoms with van der Waals surface area (Å²) in [4.78, 5) is 2.49. The van der Waals surface area contributed by atoms with Crippen molar-refractivity contribution < 1.29 is 0 Å². The van der Waals surface area contributed by atoms with Crippen LogP contribution in [-0.4, -0.2) is 31.1 Å². The Hall–Kier alpha value is -0.570. The molecule has 0 aromatic heterocycles. The summed E-state index contributed by atoms with van der Waals surface area (Å²) in [6, 6.07) is 9.26. The van der Waals surface area contributed by atoms with Gasteiger partial charge in [-0.25, -0.2) is 0 Å². The van der Waals surface area contributed by atoms with Crippen LogP contribution in [0.5, 0.6) is 0 Å². The minimum Gasteiger partial charge on any atom is -0.317 e. The first kappa shape index (κ1) is 14.8. The monoisotopic (exact) mass is 280 g/mol. The van der Waals surface area contributed by atoms with E-state index in [9.17, 15) is 0 Å². The Balaban J connectivity index is 1.99. The highest BCUT2D eigenvalue weighted by atomic mass is 35.5. The van der Waals surface area contributed by atoms with Crippen molar-refractivity contribution in [3.63, 3.8) is 0 Å². The van der Waals surface area contributed by atoms with Gasteiger partial charge in [0, 0.05) is 17.1 Å². The summed E-state index contributed by atoms with van der Waals surface area (Å²) >= 11 is 6.31. The Morgan fingerprint density at radius 1 is 1.37 bits per heavy atom. The van der Waals surface area contributed by atoms with Crippen molar-refractivity contribution in [3.05, 3.63) is 34.9 Å². The lowest BCUT2D eigenvalue weighted by atomic mass is 9.77. The average molecular weight is 281 g/mol. The molecule has 1 N–H and O–H groups in total. The third-order valence-electron chi connectivity index (χ3n) is 4.52. The highest BCUT2D eigenvalue weighted by Crippen LogP contribution is 2.36. The zero-order valence-corrected chi connectivity index (χ0v) is 13.0. The predicted octanol–water partition coefficient (Wildman–Crippen LogP) is 3.72. The van der Waals surface area contributed by atoms with Crippen LogP contribution in [0.1, 0.15) is 38.3 Å². The average Bonchev–Trinajstić information content (AvgIpc) is 2.37. The van der Waals surface area contributed by atoms with Gasteiger partial charge < -0.3 is 5.32 Å². The predicted molar refractivity (Wildman–Crippen MR) is 82.7 cm³/mol. The first-order valence-corrected chi connectivity index (χ1v) is 7.70. The van der Waals surface area contributed by atoms with E-state index >= 15 is 0 Å². The third-order valence-corrected chi connectivity index (χ3v) is 4.87. The minimum atomic E-state index is 0.378. The fourth-order valence-electron chi connectivity index (χ4n) is 2.98. The lowest BCUT2D eigenvalue weighted by Crippen LogP contribution is -2.49. The molecule has 2 rings (SSSR count). The zero-order valence-electron chi connectivity index (χ0n) is 12.2. The Morgan fingerprint density at radius 2 is 2.11 bits per heavy atom. The van der Waals surface area contributed by atoms with Crippen molar-refractivity contribution in [1.29, 1.82) is 0 Å². The molecule has 3 heteroatoms. The molecule has 1 saturated carbocycles. The molecule has 0 radical (unpaired) electrons. The first-order valence-electron chi connectivity index (χ1n) is 7.32. The summed E-state index contributed by atoms with van der Waals surface area (Å²) in [7, 11) is 2.23. The lowest BCUT2D eigenvalue weighted by Gasteiger charge is -2.45. The molecule has 1 aromatic carbocycles. The second kappa shape index (κ2) is 6.74. The topological polar surface area (TPSA) is 15.3 Å². The van der Waals surface area contributed by atoms with Crippen molar-refractivity contribution in [2.45, 2.75) is 38.8 Å². The van der Waals surface area contributed by atoms with Gasteiger partial charge in [-0.3, -0.25) is 4.90 Å². The summed E-state index contributed by atoms with van der Waals surface area (Å²) in [6.07, 6.45) is 2.65. The van der Waals surface area contributed by atoms with E-state index in [2.05, 4.69) is 43.2 Å². The van der Waals surface area contributed by atoms with Crippen LogP contribution < -0.4 is 5.32 Å². The molecular formula is C16H25ClN2. The van der Waals surface area contributed by atoms with E-state index in [4.69, 9.17) is 11.6 Å². The first-order chi connectivity index (χ1) is 9.15. The van der Waals surface area contributed by atoms with Gasteiger partial charge in [0.15, 0.2) is 0 Å². The molecule has 0 spiro atoms. The van der Waals surface area contributed by atoms with Crippen LogP contribution >= 0.6 is 11.6 Å². The van der Waals surface area contributed by atoms with Crippen molar-refractivity contribution in [2.75, 3.05) is 20.1 Å². The van der Waals surface area contributed by atoms with E-state index in [1.165, 1.54) is 18.4 Å². The van der Waals surface area contributed by atoms with Gasteiger partial charge in [0.05, 0.1) is 0 Å². The van der Waals surface area contributed by atoms with E-state index in [0.717, 1.165) is 24.0 Å². The molecule has 3 unspecified atom stereocenters. The standard InChI is InChI=1S/C16H25ClN2/c1-4-18-11-13-9-10-16(13)19(3)12(2)14-7-5-6-8-15(14)17/h5-8,12-13,16,18H,4,9-11H2,1-3H3.